The molecule has 1 aliphatic heterocycles. The number of nitrogens with two attached hydrogens (primary N) is 1. The number of sulfonamides is 1. The molecule has 1 atom stereocenters. The van der Waals surface area contributed by atoms with Crippen LogP contribution in [-0.2, 0) is 10.0 Å². The van der Waals surface area contributed by atoms with E-state index in [1.807, 2.05) is 0 Å². The molecule has 8 heteroatoms. The van der Waals surface area contributed by atoms with Gasteiger partial charge in [0.25, 0.3) is 0 Å². The minimum atomic E-state index is -3.67. The quantitative estimate of drug-likeness (QED) is 0.361. The first-order chi connectivity index (χ1) is 9.07. The van der Waals surface area contributed by atoms with Crippen LogP contribution in [0.25, 0.3) is 0 Å². The van der Waals surface area contributed by atoms with Crippen LogP contribution in [0.2, 0.25) is 0 Å². The first-order valence-corrected chi connectivity index (χ1v) is 7.40. The van der Waals surface area contributed by atoms with Crippen LogP contribution in [0.3, 0.4) is 0 Å². The van der Waals surface area contributed by atoms with Gasteiger partial charge in [0.1, 0.15) is 4.90 Å². The van der Waals surface area contributed by atoms with Gasteiger partial charge in [-0.2, -0.15) is 4.31 Å². The predicted molar refractivity (Wildman–Crippen MR) is 69.2 cm³/mol. The maximum Gasteiger partial charge on any atom is 0.245 e. The lowest BCUT2D eigenvalue weighted by Crippen LogP contribution is -2.50. The average Bonchev–Trinajstić information content (AvgIpc) is 2.47. The van der Waals surface area contributed by atoms with Crippen molar-refractivity contribution in [3.8, 4) is 0 Å². The van der Waals surface area contributed by atoms with Gasteiger partial charge in [-0.25, -0.2) is 8.42 Å². The molecule has 7 nitrogen and oxygen atoms in total. The zero-order valence-electron chi connectivity index (χ0n) is 10.3. The molecule has 1 aromatic rings. The van der Waals surface area contributed by atoms with Gasteiger partial charge in [-0.15, -0.1) is 0 Å². The van der Waals surface area contributed by atoms with Crippen LogP contribution in [0.4, 0.5) is 0 Å². The molecule has 1 aliphatic rings. The van der Waals surface area contributed by atoms with Crippen molar-refractivity contribution in [3.63, 3.8) is 0 Å². The summed E-state index contributed by atoms with van der Waals surface area (Å²) >= 11 is 0. The second kappa shape index (κ2) is 5.54. The molecule has 2 heterocycles. The van der Waals surface area contributed by atoms with E-state index in [0.717, 1.165) is 12.8 Å². The van der Waals surface area contributed by atoms with Gasteiger partial charge in [0.15, 0.2) is 5.84 Å². The normalized spacial score (nSPS) is 22.3. The van der Waals surface area contributed by atoms with Crippen LogP contribution in [-0.4, -0.2) is 41.3 Å². The Bertz CT molecular complexity index is 559. The van der Waals surface area contributed by atoms with E-state index in [1.54, 1.807) is 6.07 Å². The number of amidine groups is 1. The van der Waals surface area contributed by atoms with Crippen LogP contribution in [0.1, 0.15) is 19.3 Å². The van der Waals surface area contributed by atoms with Crippen molar-refractivity contribution in [2.24, 2.45) is 10.9 Å². The molecule has 0 aromatic carbocycles. The summed E-state index contributed by atoms with van der Waals surface area (Å²) in [5.41, 5.74) is 5.59. The molecule has 104 valence electrons. The molecule has 2 rings (SSSR count). The van der Waals surface area contributed by atoms with E-state index in [0.29, 0.717) is 13.0 Å². The second-order valence-corrected chi connectivity index (χ2v) is 6.23. The first-order valence-electron chi connectivity index (χ1n) is 5.96. The van der Waals surface area contributed by atoms with E-state index < -0.39 is 16.1 Å². The number of hydrogen-bond acceptors (Lipinski definition) is 5. The van der Waals surface area contributed by atoms with E-state index in [4.69, 9.17) is 10.9 Å². The van der Waals surface area contributed by atoms with Crippen molar-refractivity contribution in [3.05, 3.63) is 24.5 Å². The third-order valence-corrected chi connectivity index (χ3v) is 5.04. The van der Waals surface area contributed by atoms with E-state index in [9.17, 15) is 8.42 Å². The maximum atomic E-state index is 12.5. The highest BCUT2D eigenvalue weighted by Crippen LogP contribution is 2.24. The molecule has 0 amide bonds. The zero-order chi connectivity index (χ0) is 13.9. The summed E-state index contributed by atoms with van der Waals surface area (Å²) < 4.78 is 26.3. The molecule has 0 bridgehead atoms. The van der Waals surface area contributed by atoms with Crippen molar-refractivity contribution in [2.45, 2.75) is 30.2 Å². The van der Waals surface area contributed by atoms with Crippen molar-refractivity contribution in [1.82, 2.24) is 9.29 Å². The fraction of sp³-hybridized carbons (Fsp3) is 0.455. The average molecular weight is 284 g/mol. The minimum absolute atomic E-state index is 0.0767. The summed E-state index contributed by atoms with van der Waals surface area (Å²) in [5.74, 6) is -0.0767. The Morgan fingerprint density at radius 2 is 2.32 bits per heavy atom. The smallest absolute Gasteiger partial charge is 0.245 e. The maximum absolute atomic E-state index is 12.5. The lowest BCUT2D eigenvalue weighted by atomic mass is 10.0. The molecule has 19 heavy (non-hydrogen) atoms. The van der Waals surface area contributed by atoms with E-state index in [1.165, 1.54) is 22.8 Å². The summed E-state index contributed by atoms with van der Waals surface area (Å²) in [4.78, 5) is 3.94. The molecule has 1 aromatic heterocycles. The SMILES string of the molecule is NC(=NO)C1CCCCN1S(=O)(=O)c1cccnc1. The molecule has 3 N–H and O–H groups in total. The van der Waals surface area contributed by atoms with Gasteiger partial charge in [-0.1, -0.05) is 11.6 Å². The number of oxime groups is 1. The van der Waals surface area contributed by atoms with Crippen LogP contribution in [0, 0.1) is 0 Å². The van der Waals surface area contributed by atoms with E-state index in [2.05, 4.69) is 10.1 Å². The fourth-order valence-corrected chi connectivity index (χ4v) is 3.82. The zero-order valence-corrected chi connectivity index (χ0v) is 11.1. The molecule has 1 fully saturated rings. The second-order valence-electron chi connectivity index (χ2n) is 4.34. The highest BCUT2D eigenvalue weighted by Gasteiger charge is 2.35. The number of piperidine rings is 1. The molecular weight excluding hydrogens is 268 g/mol. The Hall–Kier alpha value is -1.67. The molecule has 0 radical (unpaired) electrons. The Morgan fingerprint density at radius 1 is 1.53 bits per heavy atom. The highest BCUT2D eigenvalue weighted by molar-refractivity contribution is 7.89. The number of aromatic nitrogens is 1. The predicted octanol–water partition coefficient (Wildman–Crippen LogP) is 0.371. The van der Waals surface area contributed by atoms with E-state index >= 15 is 0 Å². The Kier molecular flexibility index (Phi) is 4.01. The fourth-order valence-electron chi connectivity index (χ4n) is 2.19. The van der Waals surface area contributed by atoms with Crippen LogP contribution >= 0.6 is 0 Å². The van der Waals surface area contributed by atoms with Gasteiger partial charge < -0.3 is 10.9 Å². The van der Waals surface area contributed by atoms with Crippen LogP contribution in [0.5, 0.6) is 0 Å². The Morgan fingerprint density at radius 3 is 2.95 bits per heavy atom. The lowest BCUT2D eigenvalue weighted by Gasteiger charge is -2.33. The van der Waals surface area contributed by atoms with Crippen molar-refractivity contribution < 1.29 is 13.6 Å². The molecule has 0 spiro atoms. The van der Waals surface area contributed by atoms with Crippen LogP contribution in [0.15, 0.2) is 34.6 Å². The van der Waals surface area contributed by atoms with Crippen LogP contribution < -0.4 is 5.73 Å². The molecular formula is C11H16N4O3S. The van der Waals surface area contributed by atoms with Gasteiger partial charge in [-0.05, 0) is 25.0 Å². The standard InChI is InChI=1S/C11H16N4O3S/c12-11(14-16)10-5-1-2-7-15(10)19(17,18)9-4-3-6-13-8-9/h3-4,6,8,10,16H,1-2,5,7H2,(H2,12,14). The summed E-state index contributed by atoms with van der Waals surface area (Å²) in [5, 5.41) is 11.7. The summed E-state index contributed by atoms with van der Waals surface area (Å²) in [6, 6.07) is 2.46. The number of pyridine rings is 1. The van der Waals surface area contributed by atoms with E-state index in [-0.39, 0.29) is 10.7 Å². The van der Waals surface area contributed by atoms with Gasteiger partial charge >= 0.3 is 0 Å². The number of hydrogen-bond donors (Lipinski definition) is 2. The molecule has 1 unspecified atom stereocenters. The number of rotatable bonds is 3. The largest absolute Gasteiger partial charge is 0.409 e. The van der Waals surface area contributed by atoms with Crippen molar-refractivity contribution in [1.29, 1.82) is 0 Å². The van der Waals surface area contributed by atoms with Crippen molar-refractivity contribution in [2.75, 3.05) is 6.54 Å². The Balaban J connectivity index is 2.37. The topological polar surface area (TPSA) is 109 Å². The summed E-state index contributed by atoms with van der Waals surface area (Å²) in [7, 11) is -3.67. The third-order valence-electron chi connectivity index (χ3n) is 3.15. The monoisotopic (exact) mass is 284 g/mol. The van der Waals surface area contributed by atoms with Gasteiger partial charge in [-0.3, -0.25) is 4.98 Å². The number of nitrogens with zero attached hydrogens (tertiary/aromatic N) is 3. The first kappa shape index (κ1) is 13.8. The molecule has 0 aliphatic carbocycles. The molecule has 1 saturated heterocycles. The van der Waals surface area contributed by atoms with Gasteiger partial charge in [0.05, 0.1) is 6.04 Å². The highest BCUT2D eigenvalue weighted by atomic mass is 32.2. The summed E-state index contributed by atoms with van der Waals surface area (Å²) in [6.45, 7) is 0.359. The molecule has 0 saturated carbocycles. The van der Waals surface area contributed by atoms with Gasteiger partial charge in [0, 0.05) is 18.9 Å². The summed E-state index contributed by atoms with van der Waals surface area (Å²) in [6.07, 6.45) is 4.97. The van der Waals surface area contributed by atoms with Gasteiger partial charge in [0.2, 0.25) is 10.0 Å². The van der Waals surface area contributed by atoms with Crippen molar-refractivity contribution >= 4 is 15.9 Å². The lowest BCUT2D eigenvalue weighted by molar-refractivity contribution is 0.281. The third kappa shape index (κ3) is 2.69. The minimum Gasteiger partial charge on any atom is -0.409 e. The Labute approximate surface area is 111 Å².